The van der Waals surface area contributed by atoms with E-state index >= 15 is 0 Å². The van der Waals surface area contributed by atoms with Crippen LogP contribution in [-0.2, 0) is 0 Å². The van der Waals surface area contributed by atoms with Crippen molar-refractivity contribution in [1.29, 1.82) is 0 Å². The molecule has 1 aliphatic heterocycles. The monoisotopic (exact) mass is 274 g/mol. The van der Waals surface area contributed by atoms with Gasteiger partial charge >= 0.3 is 7.25 Å². The molecule has 0 aromatic carbocycles. The summed E-state index contributed by atoms with van der Waals surface area (Å²) in [6, 6.07) is 0. The Balaban J connectivity index is 0.000000292. The smallest absolute Gasteiger partial charge is 0.418 e. The molecule has 1 unspecified atom stereocenters. The van der Waals surface area contributed by atoms with Crippen LogP contribution in [0.1, 0.15) is 6.92 Å². The molecule has 0 fully saturated rings. The van der Waals surface area contributed by atoms with Gasteiger partial charge in [-0.3, -0.25) is 0 Å². The Kier molecular flexibility index (Phi) is 5.91. The number of halogens is 5. The molecule has 0 aliphatic carbocycles. The molecular weight excluding hydrogens is 265 g/mol. The highest BCUT2D eigenvalue weighted by Gasteiger charge is 2.20. The molecule has 0 spiro atoms. The summed E-state index contributed by atoms with van der Waals surface area (Å²) in [5.41, 5.74) is 0. The molecule has 1 atom stereocenters. The zero-order valence-corrected chi connectivity index (χ0v) is 9.09. The summed E-state index contributed by atoms with van der Waals surface area (Å²) in [5, 5.41) is 0. The number of likely N-dealkylation sites (N-methyl/N-ethyl adjacent to an activating group) is 1. The Morgan fingerprint density at radius 1 is 1.29 bits per heavy atom. The van der Waals surface area contributed by atoms with Gasteiger partial charge in [-0.25, -0.2) is 0 Å². The van der Waals surface area contributed by atoms with Crippen molar-refractivity contribution in [2.75, 3.05) is 6.54 Å². The highest BCUT2D eigenvalue weighted by Crippen LogP contribution is 2.12. The minimum Gasteiger partial charge on any atom is -0.418 e. The molecule has 82 valence electrons. The maximum Gasteiger partial charge on any atom is 0.673 e. The van der Waals surface area contributed by atoms with E-state index in [1.54, 1.807) is 0 Å². The average Bonchev–Trinajstić information content (AvgIpc) is 2.02. The lowest BCUT2D eigenvalue weighted by Crippen LogP contribution is -2.24. The van der Waals surface area contributed by atoms with E-state index < -0.39 is 7.25 Å². The summed E-state index contributed by atoms with van der Waals surface area (Å²) in [7, 11) is -6.00. The van der Waals surface area contributed by atoms with Crippen molar-refractivity contribution in [2.24, 2.45) is 0 Å². The fourth-order valence-corrected chi connectivity index (χ4v) is 1.39. The van der Waals surface area contributed by atoms with Crippen LogP contribution < -0.4 is 0 Å². The van der Waals surface area contributed by atoms with Crippen molar-refractivity contribution < 1.29 is 17.3 Å². The van der Waals surface area contributed by atoms with E-state index in [1.165, 1.54) is 0 Å². The Morgan fingerprint density at radius 3 is 2.07 bits per heavy atom. The molecule has 1 nitrogen and oxygen atoms in total. The van der Waals surface area contributed by atoms with Crippen LogP contribution in [-0.4, -0.2) is 23.7 Å². The summed E-state index contributed by atoms with van der Waals surface area (Å²) < 4.78 is 39.0. The van der Waals surface area contributed by atoms with Gasteiger partial charge in [0.25, 0.3) is 0 Å². The van der Waals surface area contributed by atoms with Crippen LogP contribution in [0.2, 0.25) is 0 Å². The summed E-state index contributed by atoms with van der Waals surface area (Å²) in [4.78, 5) is 2.60. The van der Waals surface area contributed by atoms with Crippen LogP contribution in [0.3, 0.4) is 0 Å². The maximum absolute atomic E-state index is 9.75. The molecule has 0 aromatic rings. The minimum atomic E-state index is -6.00. The SMILES string of the molecule is CCN1C=CC=CC1Br.F[B-](F)(F)F. The fourth-order valence-electron chi connectivity index (χ4n) is 0.789. The number of nitrogens with zero attached hydrogens (tertiary/aromatic N) is 1. The van der Waals surface area contributed by atoms with E-state index in [1.807, 2.05) is 12.2 Å². The van der Waals surface area contributed by atoms with Crippen molar-refractivity contribution in [1.82, 2.24) is 4.90 Å². The standard InChI is InChI=1S/C7H10BrN.BF4/c1-2-9-6-4-3-5-7(9)8;2-1(3,4)5/h3-7H,2H2,1H3;/q;-1. The molecule has 0 radical (unpaired) electrons. The summed E-state index contributed by atoms with van der Waals surface area (Å²) in [5.74, 6) is 0. The Labute approximate surface area is 88.7 Å². The number of hydrogen-bond donors (Lipinski definition) is 0. The predicted octanol–water partition coefficient (Wildman–Crippen LogP) is 3.41. The lowest BCUT2D eigenvalue weighted by Gasteiger charge is -2.23. The van der Waals surface area contributed by atoms with Crippen molar-refractivity contribution in [3.05, 3.63) is 24.4 Å². The third-order valence-electron chi connectivity index (χ3n) is 1.34. The molecule has 1 heterocycles. The van der Waals surface area contributed by atoms with E-state index in [0.29, 0.717) is 4.95 Å². The van der Waals surface area contributed by atoms with Crippen molar-refractivity contribution in [2.45, 2.75) is 11.9 Å². The van der Waals surface area contributed by atoms with Gasteiger partial charge in [-0.15, -0.1) is 0 Å². The molecule has 0 aromatic heterocycles. The molecule has 14 heavy (non-hydrogen) atoms. The molecule has 0 saturated heterocycles. The first-order chi connectivity index (χ1) is 6.34. The topological polar surface area (TPSA) is 3.24 Å². The van der Waals surface area contributed by atoms with E-state index in [2.05, 4.69) is 40.0 Å². The lowest BCUT2D eigenvalue weighted by atomic mass is 10.3. The predicted molar refractivity (Wildman–Crippen MR) is 53.6 cm³/mol. The van der Waals surface area contributed by atoms with E-state index in [4.69, 9.17) is 0 Å². The number of allylic oxidation sites excluding steroid dienone is 2. The van der Waals surface area contributed by atoms with E-state index in [-0.39, 0.29) is 0 Å². The zero-order valence-electron chi connectivity index (χ0n) is 7.51. The molecule has 0 amide bonds. The minimum absolute atomic E-state index is 0.396. The van der Waals surface area contributed by atoms with Crippen LogP contribution in [0.25, 0.3) is 0 Å². The van der Waals surface area contributed by atoms with Crippen LogP contribution in [0.15, 0.2) is 24.4 Å². The zero-order chi connectivity index (χ0) is 11.2. The maximum atomic E-state index is 9.75. The van der Waals surface area contributed by atoms with Crippen molar-refractivity contribution >= 4 is 23.2 Å². The van der Waals surface area contributed by atoms with Crippen LogP contribution in [0.5, 0.6) is 0 Å². The highest BCUT2D eigenvalue weighted by molar-refractivity contribution is 9.09. The summed E-state index contributed by atoms with van der Waals surface area (Å²) in [6.07, 6.45) is 8.29. The van der Waals surface area contributed by atoms with Gasteiger partial charge in [-0.05, 0) is 13.0 Å². The van der Waals surface area contributed by atoms with Crippen molar-refractivity contribution in [3.8, 4) is 0 Å². The summed E-state index contributed by atoms with van der Waals surface area (Å²) >= 11 is 3.50. The second-order valence-electron chi connectivity index (χ2n) is 2.42. The second-order valence-corrected chi connectivity index (χ2v) is 3.36. The number of alkyl halides is 1. The molecule has 1 aliphatic rings. The van der Waals surface area contributed by atoms with Gasteiger partial charge in [-0.2, -0.15) is 0 Å². The first-order valence-corrected chi connectivity index (χ1v) is 4.88. The van der Waals surface area contributed by atoms with Crippen LogP contribution in [0.4, 0.5) is 17.3 Å². The Morgan fingerprint density at radius 2 is 1.79 bits per heavy atom. The first kappa shape index (κ1) is 13.5. The van der Waals surface area contributed by atoms with Crippen LogP contribution >= 0.6 is 15.9 Å². The molecular formula is C7H10BBrF4N-. The van der Waals surface area contributed by atoms with Gasteiger partial charge in [0.1, 0.15) is 4.95 Å². The van der Waals surface area contributed by atoms with Gasteiger partial charge in [0.15, 0.2) is 0 Å². The van der Waals surface area contributed by atoms with Crippen molar-refractivity contribution in [3.63, 3.8) is 0 Å². The molecule has 0 bridgehead atoms. The van der Waals surface area contributed by atoms with E-state index in [9.17, 15) is 17.3 Å². The largest absolute Gasteiger partial charge is 0.673 e. The highest BCUT2D eigenvalue weighted by atomic mass is 79.9. The molecule has 0 N–H and O–H groups in total. The third-order valence-corrected chi connectivity index (χ3v) is 2.17. The second kappa shape index (κ2) is 6.11. The van der Waals surface area contributed by atoms with Gasteiger partial charge in [0, 0.05) is 12.7 Å². The number of hydrogen-bond acceptors (Lipinski definition) is 1. The van der Waals surface area contributed by atoms with Gasteiger partial charge in [0.05, 0.1) is 0 Å². The number of rotatable bonds is 1. The first-order valence-electron chi connectivity index (χ1n) is 3.96. The molecule has 0 saturated carbocycles. The summed E-state index contributed by atoms with van der Waals surface area (Å²) in [6.45, 7) is 3.19. The third kappa shape index (κ3) is 8.16. The van der Waals surface area contributed by atoms with E-state index in [0.717, 1.165) is 6.54 Å². The normalized spacial score (nSPS) is 20.4. The fraction of sp³-hybridized carbons (Fsp3) is 0.429. The van der Waals surface area contributed by atoms with Crippen LogP contribution in [0, 0.1) is 0 Å². The Bertz CT molecular complexity index is 210. The average molecular weight is 275 g/mol. The molecule has 1 rings (SSSR count). The van der Waals surface area contributed by atoms with Gasteiger partial charge in [0.2, 0.25) is 0 Å². The molecule has 7 heteroatoms. The quantitative estimate of drug-likeness (QED) is 0.307. The van der Waals surface area contributed by atoms with Gasteiger partial charge < -0.3 is 22.2 Å². The lowest BCUT2D eigenvalue weighted by molar-refractivity contribution is 0.368. The Hall–Kier alpha value is -0.455. The van der Waals surface area contributed by atoms with Gasteiger partial charge in [-0.1, -0.05) is 28.1 Å².